The summed E-state index contributed by atoms with van der Waals surface area (Å²) in [5.74, 6) is 0.505. The summed E-state index contributed by atoms with van der Waals surface area (Å²) in [7, 11) is 0. The van der Waals surface area contributed by atoms with Gasteiger partial charge in [-0.05, 0) is 43.4 Å². The van der Waals surface area contributed by atoms with Crippen molar-refractivity contribution in [1.82, 2.24) is 9.13 Å². The lowest BCUT2D eigenvalue weighted by atomic mass is 9.89. The Morgan fingerprint density at radius 2 is 1.83 bits per heavy atom. The van der Waals surface area contributed by atoms with Crippen molar-refractivity contribution >= 4 is 11.6 Å². The van der Waals surface area contributed by atoms with Crippen LogP contribution in [-0.2, 0) is 6.54 Å². The van der Waals surface area contributed by atoms with E-state index in [0.717, 1.165) is 18.4 Å². The molecule has 3 rings (SSSR count). The second-order valence-corrected chi connectivity index (χ2v) is 6.78. The summed E-state index contributed by atoms with van der Waals surface area (Å²) in [4.78, 5) is 24.8. The zero-order valence-electron chi connectivity index (χ0n) is 13.3. The number of nitrogens with zero attached hydrogens (tertiary/aromatic N) is 2. The molecule has 5 heteroatoms. The molecule has 4 nitrogen and oxygen atoms in total. The first-order valence-electron chi connectivity index (χ1n) is 8.15. The van der Waals surface area contributed by atoms with E-state index in [2.05, 4.69) is 0 Å². The van der Waals surface area contributed by atoms with E-state index in [0.29, 0.717) is 23.2 Å². The van der Waals surface area contributed by atoms with Crippen LogP contribution in [0.3, 0.4) is 0 Å². The molecule has 0 radical (unpaired) electrons. The molecule has 1 aromatic heterocycles. The van der Waals surface area contributed by atoms with Crippen molar-refractivity contribution in [3.8, 4) is 5.69 Å². The topological polar surface area (TPSA) is 44.0 Å². The Balaban J connectivity index is 1.92. The van der Waals surface area contributed by atoms with Gasteiger partial charge in [0, 0.05) is 24.0 Å². The number of aromatic nitrogens is 2. The van der Waals surface area contributed by atoms with E-state index < -0.39 is 11.1 Å². The lowest BCUT2D eigenvalue weighted by Gasteiger charge is -2.22. The first-order valence-corrected chi connectivity index (χ1v) is 8.52. The molecule has 23 heavy (non-hydrogen) atoms. The minimum absolute atomic E-state index is 0.463. The molecule has 1 aromatic carbocycles. The smallest absolute Gasteiger partial charge is 0.309 e. The van der Waals surface area contributed by atoms with E-state index in [1.807, 2.05) is 13.0 Å². The predicted octanol–water partition coefficient (Wildman–Crippen LogP) is 3.54. The van der Waals surface area contributed by atoms with Gasteiger partial charge in [-0.1, -0.05) is 36.9 Å². The molecule has 1 heterocycles. The van der Waals surface area contributed by atoms with Crippen molar-refractivity contribution in [3.05, 3.63) is 61.9 Å². The molecular formula is C18H21ClN2O2. The van der Waals surface area contributed by atoms with Crippen molar-refractivity contribution in [2.45, 2.75) is 45.6 Å². The van der Waals surface area contributed by atoms with E-state index in [1.165, 1.54) is 23.8 Å². The molecule has 0 spiro atoms. The molecule has 1 aliphatic carbocycles. The molecule has 0 saturated heterocycles. The SMILES string of the molecule is Cc1ccc(-n2ccn(CC3CCCCC3)c(=O)c2=O)cc1Cl. The Kier molecular flexibility index (Phi) is 4.71. The Bertz CT molecular complexity index is 817. The molecule has 0 bridgehead atoms. The van der Waals surface area contributed by atoms with Crippen molar-refractivity contribution in [3.63, 3.8) is 0 Å². The van der Waals surface area contributed by atoms with Crippen LogP contribution in [0.2, 0.25) is 5.02 Å². The van der Waals surface area contributed by atoms with E-state index >= 15 is 0 Å². The maximum absolute atomic E-state index is 12.4. The molecule has 2 aromatic rings. The van der Waals surface area contributed by atoms with E-state index in [1.54, 1.807) is 29.1 Å². The number of rotatable bonds is 3. The predicted molar refractivity (Wildman–Crippen MR) is 92.6 cm³/mol. The quantitative estimate of drug-likeness (QED) is 0.807. The van der Waals surface area contributed by atoms with Gasteiger partial charge in [-0.3, -0.25) is 14.2 Å². The van der Waals surface area contributed by atoms with Crippen molar-refractivity contribution in [1.29, 1.82) is 0 Å². The van der Waals surface area contributed by atoms with Gasteiger partial charge in [0.1, 0.15) is 0 Å². The van der Waals surface area contributed by atoms with Crippen molar-refractivity contribution in [2.75, 3.05) is 0 Å². The normalized spacial score (nSPS) is 15.7. The van der Waals surface area contributed by atoms with Crippen LogP contribution in [0.5, 0.6) is 0 Å². The highest BCUT2D eigenvalue weighted by Gasteiger charge is 2.16. The van der Waals surface area contributed by atoms with Crippen LogP contribution >= 0.6 is 11.6 Å². The fourth-order valence-corrected chi connectivity index (χ4v) is 3.41. The van der Waals surface area contributed by atoms with E-state index in [9.17, 15) is 9.59 Å². The molecule has 0 unspecified atom stereocenters. The van der Waals surface area contributed by atoms with Gasteiger partial charge in [0.05, 0.1) is 5.69 Å². The molecular weight excluding hydrogens is 312 g/mol. The van der Waals surface area contributed by atoms with Gasteiger partial charge in [-0.2, -0.15) is 0 Å². The summed E-state index contributed by atoms with van der Waals surface area (Å²) in [5.41, 5.74) is 0.569. The summed E-state index contributed by atoms with van der Waals surface area (Å²) in [6.45, 7) is 2.54. The van der Waals surface area contributed by atoms with Gasteiger partial charge >= 0.3 is 11.1 Å². The summed E-state index contributed by atoms with van der Waals surface area (Å²) in [6.07, 6.45) is 9.38. The highest BCUT2D eigenvalue weighted by molar-refractivity contribution is 6.31. The fourth-order valence-electron chi connectivity index (χ4n) is 3.24. The average molecular weight is 333 g/mol. The molecule has 0 aliphatic heterocycles. The van der Waals surface area contributed by atoms with Gasteiger partial charge in [-0.15, -0.1) is 0 Å². The maximum Gasteiger partial charge on any atom is 0.320 e. The molecule has 122 valence electrons. The molecule has 0 atom stereocenters. The van der Waals surface area contributed by atoms with E-state index in [-0.39, 0.29) is 0 Å². The third-order valence-electron chi connectivity index (χ3n) is 4.67. The lowest BCUT2D eigenvalue weighted by molar-refractivity contribution is 0.315. The standard InChI is InChI=1S/C18H21ClN2O2/c1-13-7-8-15(11-16(13)19)21-10-9-20(17(22)18(21)23)12-14-5-3-2-4-6-14/h7-11,14H,2-6,12H2,1H3. The number of hydrogen-bond acceptors (Lipinski definition) is 2. The second-order valence-electron chi connectivity index (χ2n) is 6.37. The largest absolute Gasteiger partial charge is 0.320 e. The first-order chi connectivity index (χ1) is 11.1. The van der Waals surface area contributed by atoms with Crippen LogP contribution in [0.15, 0.2) is 40.2 Å². The molecule has 0 amide bonds. The van der Waals surface area contributed by atoms with Crippen LogP contribution in [-0.4, -0.2) is 9.13 Å². The Hall–Kier alpha value is -1.81. The number of hydrogen-bond donors (Lipinski definition) is 0. The number of benzene rings is 1. The lowest BCUT2D eigenvalue weighted by Crippen LogP contribution is -2.41. The first kappa shape index (κ1) is 16.1. The zero-order valence-corrected chi connectivity index (χ0v) is 14.1. The number of aryl methyl sites for hydroxylation is 1. The van der Waals surface area contributed by atoms with Crippen LogP contribution in [0.4, 0.5) is 0 Å². The highest BCUT2D eigenvalue weighted by atomic mass is 35.5. The maximum atomic E-state index is 12.4. The summed E-state index contributed by atoms with van der Waals surface area (Å²) < 4.78 is 2.93. The van der Waals surface area contributed by atoms with Gasteiger partial charge in [-0.25, -0.2) is 0 Å². The highest BCUT2D eigenvalue weighted by Crippen LogP contribution is 2.24. The van der Waals surface area contributed by atoms with Crippen molar-refractivity contribution in [2.24, 2.45) is 5.92 Å². The second kappa shape index (κ2) is 6.75. The summed E-state index contributed by atoms with van der Waals surface area (Å²) >= 11 is 6.12. The number of halogens is 1. The van der Waals surface area contributed by atoms with Crippen LogP contribution in [0.25, 0.3) is 5.69 Å². The third-order valence-corrected chi connectivity index (χ3v) is 5.08. The Morgan fingerprint density at radius 1 is 1.09 bits per heavy atom. The van der Waals surface area contributed by atoms with Gasteiger partial charge in [0.15, 0.2) is 0 Å². The van der Waals surface area contributed by atoms with Gasteiger partial charge in [0.2, 0.25) is 0 Å². The van der Waals surface area contributed by atoms with Crippen LogP contribution < -0.4 is 11.1 Å². The van der Waals surface area contributed by atoms with Crippen LogP contribution in [0, 0.1) is 12.8 Å². The minimum atomic E-state index is -0.525. The molecule has 1 aliphatic rings. The summed E-state index contributed by atoms with van der Waals surface area (Å²) in [6, 6.07) is 5.36. The Morgan fingerprint density at radius 3 is 2.52 bits per heavy atom. The van der Waals surface area contributed by atoms with E-state index in [4.69, 9.17) is 11.6 Å². The monoisotopic (exact) mass is 332 g/mol. The molecule has 1 saturated carbocycles. The molecule has 1 fully saturated rings. The third kappa shape index (κ3) is 3.42. The Labute approximate surface area is 140 Å². The molecule has 0 N–H and O–H groups in total. The van der Waals surface area contributed by atoms with Crippen molar-refractivity contribution < 1.29 is 0 Å². The zero-order chi connectivity index (χ0) is 16.4. The van der Waals surface area contributed by atoms with Crippen LogP contribution in [0.1, 0.15) is 37.7 Å². The summed E-state index contributed by atoms with van der Waals surface area (Å²) in [5, 5.41) is 0.584. The van der Waals surface area contributed by atoms with Gasteiger partial charge < -0.3 is 4.57 Å². The fraction of sp³-hybridized carbons (Fsp3) is 0.444. The van der Waals surface area contributed by atoms with Gasteiger partial charge in [0.25, 0.3) is 0 Å². The average Bonchev–Trinajstić information content (AvgIpc) is 2.56. The minimum Gasteiger partial charge on any atom is -0.309 e.